The predicted molar refractivity (Wildman–Crippen MR) is 84.5 cm³/mol. The highest BCUT2D eigenvalue weighted by atomic mass is 16.1. The number of amides is 1. The quantitative estimate of drug-likeness (QED) is 0.700. The molecule has 1 unspecified atom stereocenters. The summed E-state index contributed by atoms with van der Waals surface area (Å²) in [6, 6.07) is 0.276. The number of hydrogen-bond donors (Lipinski definition) is 3. The van der Waals surface area contributed by atoms with Crippen LogP contribution in [0.1, 0.15) is 66.7 Å². The van der Waals surface area contributed by atoms with Gasteiger partial charge < -0.3 is 16.4 Å². The second-order valence-electron chi connectivity index (χ2n) is 7.79. The largest absolute Gasteiger partial charge is 0.353 e. The normalized spacial score (nSPS) is 23.3. The molecule has 0 radical (unpaired) electrons. The van der Waals surface area contributed by atoms with Crippen molar-refractivity contribution < 1.29 is 4.79 Å². The van der Waals surface area contributed by atoms with Crippen molar-refractivity contribution in [3.8, 4) is 0 Å². The molecule has 0 aromatic heterocycles. The number of carbonyl (C=O) groups is 1. The summed E-state index contributed by atoms with van der Waals surface area (Å²) in [5, 5.41) is 6.85. The molecule has 1 rings (SSSR count). The van der Waals surface area contributed by atoms with E-state index in [1.807, 2.05) is 0 Å². The van der Waals surface area contributed by atoms with Gasteiger partial charge in [-0.15, -0.1) is 0 Å². The summed E-state index contributed by atoms with van der Waals surface area (Å²) in [5.41, 5.74) is 5.69. The van der Waals surface area contributed by atoms with Crippen LogP contribution in [0.15, 0.2) is 0 Å². The third kappa shape index (κ3) is 6.23. The second kappa shape index (κ2) is 6.90. The van der Waals surface area contributed by atoms with Gasteiger partial charge in [0.05, 0.1) is 0 Å². The van der Waals surface area contributed by atoms with Crippen LogP contribution in [0.25, 0.3) is 0 Å². The summed E-state index contributed by atoms with van der Waals surface area (Å²) >= 11 is 0. The molecule has 0 aliphatic carbocycles. The van der Waals surface area contributed by atoms with Crippen LogP contribution in [0.4, 0.5) is 0 Å². The van der Waals surface area contributed by atoms with Crippen LogP contribution in [0.3, 0.4) is 0 Å². The maximum Gasteiger partial charge on any atom is 0.220 e. The van der Waals surface area contributed by atoms with Crippen LogP contribution in [-0.2, 0) is 4.79 Å². The number of hydrogen-bond acceptors (Lipinski definition) is 3. The number of rotatable bonds is 6. The Bertz CT molecular complexity index is 310. The van der Waals surface area contributed by atoms with Crippen molar-refractivity contribution in [2.45, 2.75) is 83.8 Å². The molecule has 0 saturated carbocycles. The molecule has 1 atom stereocenters. The van der Waals surface area contributed by atoms with E-state index in [4.69, 9.17) is 5.73 Å². The Labute approximate surface area is 124 Å². The van der Waals surface area contributed by atoms with Crippen LogP contribution in [0, 0.1) is 5.92 Å². The van der Waals surface area contributed by atoms with Crippen molar-refractivity contribution >= 4 is 5.91 Å². The number of nitrogens with one attached hydrogen (secondary N) is 2. The van der Waals surface area contributed by atoms with Gasteiger partial charge in [0.1, 0.15) is 0 Å². The average Bonchev–Trinajstić information content (AvgIpc) is 2.22. The van der Waals surface area contributed by atoms with E-state index in [1.165, 1.54) is 0 Å². The lowest BCUT2D eigenvalue weighted by molar-refractivity contribution is -0.122. The maximum absolute atomic E-state index is 12.1. The fourth-order valence-electron chi connectivity index (χ4n) is 3.53. The highest BCUT2D eigenvalue weighted by Gasteiger charge is 2.37. The van der Waals surface area contributed by atoms with Crippen LogP contribution < -0.4 is 16.4 Å². The molecule has 4 heteroatoms. The van der Waals surface area contributed by atoms with E-state index in [1.54, 1.807) is 0 Å². The van der Waals surface area contributed by atoms with Crippen LogP contribution in [0.5, 0.6) is 0 Å². The maximum atomic E-state index is 12.1. The van der Waals surface area contributed by atoms with E-state index in [0.717, 1.165) is 25.7 Å². The van der Waals surface area contributed by atoms with Crippen molar-refractivity contribution in [3.05, 3.63) is 0 Å². The highest BCUT2D eigenvalue weighted by Crippen LogP contribution is 2.28. The Hall–Kier alpha value is -0.610. The minimum absolute atomic E-state index is 0.0759. The lowest BCUT2D eigenvalue weighted by Crippen LogP contribution is -2.62. The molecule has 0 aromatic carbocycles. The third-order valence-electron chi connectivity index (χ3n) is 4.08. The fraction of sp³-hybridized carbons (Fsp3) is 0.938. The van der Waals surface area contributed by atoms with Crippen molar-refractivity contribution in [3.63, 3.8) is 0 Å². The molecular formula is C16H33N3O. The Balaban J connectivity index is 2.41. The predicted octanol–water partition coefficient (Wildman–Crippen LogP) is 2.18. The first-order valence-electron chi connectivity index (χ1n) is 7.92. The minimum Gasteiger partial charge on any atom is -0.353 e. The first kappa shape index (κ1) is 17.4. The molecule has 1 aliphatic heterocycles. The molecule has 1 fully saturated rings. The fourth-order valence-corrected chi connectivity index (χ4v) is 3.53. The number of carbonyl (C=O) groups excluding carboxylic acids is 1. The number of piperidine rings is 1. The molecule has 1 saturated heterocycles. The van der Waals surface area contributed by atoms with Gasteiger partial charge >= 0.3 is 0 Å². The second-order valence-corrected chi connectivity index (χ2v) is 7.79. The zero-order chi connectivity index (χ0) is 15.4. The van der Waals surface area contributed by atoms with Crippen molar-refractivity contribution in [1.29, 1.82) is 0 Å². The lowest BCUT2D eigenvalue weighted by atomic mass is 9.79. The summed E-state index contributed by atoms with van der Waals surface area (Å²) in [6.07, 6.45) is 4.52. The zero-order valence-corrected chi connectivity index (χ0v) is 13.9. The van der Waals surface area contributed by atoms with Gasteiger partial charge in [0.15, 0.2) is 0 Å². The molecule has 0 bridgehead atoms. The molecule has 1 amide bonds. The summed E-state index contributed by atoms with van der Waals surface area (Å²) in [4.78, 5) is 12.1. The van der Waals surface area contributed by atoms with Gasteiger partial charge in [-0.05, 0) is 65.8 Å². The molecular weight excluding hydrogens is 250 g/mol. The molecule has 4 nitrogen and oxygen atoms in total. The Morgan fingerprint density at radius 3 is 2.30 bits per heavy atom. The summed E-state index contributed by atoms with van der Waals surface area (Å²) < 4.78 is 0. The highest BCUT2D eigenvalue weighted by molar-refractivity contribution is 5.76. The summed E-state index contributed by atoms with van der Waals surface area (Å²) in [7, 11) is 0. The van der Waals surface area contributed by atoms with Gasteiger partial charge in [0.25, 0.3) is 0 Å². The summed E-state index contributed by atoms with van der Waals surface area (Å²) in [5.74, 6) is 0.721. The molecule has 0 spiro atoms. The van der Waals surface area contributed by atoms with E-state index >= 15 is 0 Å². The monoisotopic (exact) mass is 283 g/mol. The summed E-state index contributed by atoms with van der Waals surface area (Å²) in [6.45, 7) is 11.7. The molecule has 20 heavy (non-hydrogen) atoms. The Kier molecular flexibility index (Phi) is 6.02. The van der Waals surface area contributed by atoms with E-state index in [9.17, 15) is 4.79 Å². The Morgan fingerprint density at radius 1 is 1.25 bits per heavy atom. The van der Waals surface area contributed by atoms with E-state index in [-0.39, 0.29) is 23.0 Å². The van der Waals surface area contributed by atoms with Crippen LogP contribution in [0.2, 0.25) is 0 Å². The molecule has 4 N–H and O–H groups in total. The molecule has 1 heterocycles. The van der Waals surface area contributed by atoms with Gasteiger partial charge in [-0.2, -0.15) is 0 Å². The SMILES string of the molecule is CC(CCN)CCC(=O)NC1CC(C)(C)NC(C)(C)C1. The number of nitrogens with two attached hydrogens (primary N) is 1. The zero-order valence-electron chi connectivity index (χ0n) is 13.9. The van der Waals surface area contributed by atoms with E-state index < -0.39 is 0 Å². The molecule has 0 aromatic rings. The lowest BCUT2D eigenvalue weighted by Gasteiger charge is -2.46. The standard InChI is InChI=1S/C16H33N3O/c1-12(8-9-17)6-7-14(20)18-13-10-15(2,3)19-16(4,5)11-13/h12-13,19H,6-11,17H2,1-5H3,(H,18,20). The van der Waals surface area contributed by atoms with Crippen molar-refractivity contribution in [2.75, 3.05) is 6.54 Å². The van der Waals surface area contributed by atoms with Crippen molar-refractivity contribution in [2.24, 2.45) is 11.7 Å². The van der Waals surface area contributed by atoms with Crippen molar-refractivity contribution in [1.82, 2.24) is 10.6 Å². The Morgan fingerprint density at radius 2 is 1.80 bits per heavy atom. The minimum atomic E-state index is 0.0759. The van der Waals surface area contributed by atoms with Gasteiger partial charge in [-0.1, -0.05) is 6.92 Å². The molecule has 1 aliphatic rings. The van der Waals surface area contributed by atoms with Crippen LogP contribution in [-0.4, -0.2) is 29.6 Å². The van der Waals surface area contributed by atoms with Gasteiger partial charge in [-0.25, -0.2) is 0 Å². The molecule has 118 valence electrons. The van der Waals surface area contributed by atoms with Gasteiger partial charge in [0, 0.05) is 23.5 Å². The smallest absolute Gasteiger partial charge is 0.220 e. The van der Waals surface area contributed by atoms with E-state index in [0.29, 0.717) is 18.9 Å². The van der Waals surface area contributed by atoms with Crippen LogP contribution >= 0.6 is 0 Å². The van der Waals surface area contributed by atoms with Gasteiger partial charge in [0.2, 0.25) is 5.91 Å². The first-order valence-corrected chi connectivity index (χ1v) is 7.92. The topological polar surface area (TPSA) is 67.2 Å². The van der Waals surface area contributed by atoms with E-state index in [2.05, 4.69) is 45.3 Å². The average molecular weight is 283 g/mol. The first-order chi connectivity index (χ1) is 9.13. The van der Waals surface area contributed by atoms with Gasteiger partial charge in [-0.3, -0.25) is 4.79 Å². The third-order valence-corrected chi connectivity index (χ3v) is 4.08.